The number of aliphatic hydroxyl groups excluding tert-OH is 6. The Bertz CT molecular complexity index is 2600. The molecular formula is C70H88O32. The van der Waals surface area contributed by atoms with Gasteiger partial charge in [-0.3, -0.25) is 0 Å². The average molecular weight is 1440 g/mol. The van der Waals surface area contributed by atoms with E-state index >= 15 is 0 Å². The molecule has 0 aliphatic rings. The van der Waals surface area contributed by atoms with Gasteiger partial charge in [-0.05, 0) is 22.3 Å². The lowest BCUT2D eigenvalue weighted by atomic mass is 9.66. The largest absolute Gasteiger partial charge is 0.478 e. The highest BCUT2D eigenvalue weighted by atomic mass is 16.4. The van der Waals surface area contributed by atoms with Gasteiger partial charge in [-0.1, -0.05) is 200 Å². The maximum absolute atomic E-state index is 11.4. The molecule has 0 atom stereocenters. The summed E-state index contributed by atoms with van der Waals surface area (Å²) in [6, 6.07) is 35.1. The topological polar surface area (TPSA) is 609 Å². The van der Waals surface area contributed by atoms with Gasteiger partial charge in [0.2, 0.25) is 0 Å². The number of benzene rings is 4. The first-order valence-electron chi connectivity index (χ1n) is 27.1. The Hall–Kier alpha value is -12.9. The van der Waals surface area contributed by atoms with E-state index in [4.69, 9.17) is 61.3 Å². The van der Waals surface area contributed by atoms with Crippen molar-refractivity contribution in [1.82, 2.24) is 0 Å². The molecule has 0 unspecified atom stereocenters. The first kappa shape index (κ1) is 111. The third kappa shape index (κ3) is 60.7. The molecule has 0 aromatic heterocycles. The summed E-state index contributed by atoms with van der Waals surface area (Å²) in [5.41, 5.74) is -4.35. The summed E-state index contributed by atoms with van der Waals surface area (Å²) in [6.45, 7) is 32.2. The molecule has 0 heterocycles. The zero-order chi connectivity index (χ0) is 82.1. The molecular weight excluding hydrogens is 1350 g/mol. The van der Waals surface area contributed by atoms with Gasteiger partial charge in [-0.15, -0.1) is 0 Å². The first-order chi connectivity index (χ1) is 47.5. The molecule has 4 aromatic rings. The summed E-state index contributed by atoms with van der Waals surface area (Å²) in [5.74, 6) is -11.8. The minimum Gasteiger partial charge on any atom is -0.478 e. The van der Waals surface area contributed by atoms with Crippen molar-refractivity contribution < 1.29 is 160 Å². The zero-order valence-electron chi connectivity index (χ0n) is 55.0. The first-order valence-corrected chi connectivity index (χ1v) is 27.1. The number of rotatable bonds is 24. The van der Waals surface area contributed by atoms with Crippen molar-refractivity contribution in [2.45, 2.75) is 11.2 Å². The molecule has 102 heavy (non-hydrogen) atoms. The fourth-order valence-corrected chi connectivity index (χ4v) is 5.26. The molecule has 32 heteroatoms. The highest BCUT2D eigenvalue weighted by molar-refractivity contribution is 5.82. The molecule has 4 aromatic carbocycles. The summed E-state index contributed by atoms with van der Waals surface area (Å²) < 4.78 is 0. The van der Waals surface area contributed by atoms with Crippen LogP contribution in [0.5, 0.6) is 0 Å². The van der Waals surface area contributed by atoms with E-state index in [1.54, 1.807) is 97.1 Å². The monoisotopic (exact) mass is 1440 g/mol. The van der Waals surface area contributed by atoms with Crippen LogP contribution in [-0.2, 0) is 68.7 Å². The Morgan fingerprint density at radius 1 is 0.216 bits per heavy atom. The van der Waals surface area contributed by atoms with Crippen molar-refractivity contribution in [3.05, 3.63) is 295 Å². The normalized spacial score (nSPS) is 8.86. The van der Waals surface area contributed by atoms with Gasteiger partial charge in [-0.25, -0.2) is 57.5 Å². The minimum absolute atomic E-state index is 0.508. The molecule has 4 rings (SSSR count). The highest BCUT2D eigenvalue weighted by Gasteiger charge is 2.53. The van der Waals surface area contributed by atoms with Crippen LogP contribution in [0.3, 0.4) is 0 Å². The average Bonchev–Trinajstić information content (AvgIpc) is 0.755. The Morgan fingerprint density at radius 3 is 0.353 bits per heavy atom. The zero-order valence-corrected chi connectivity index (χ0v) is 55.0. The van der Waals surface area contributed by atoms with E-state index in [0.717, 1.165) is 72.9 Å². The van der Waals surface area contributed by atoms with E-state index in [2.05, 4.69) is 78.9 Å². The van der Waals surface area contributed by atoms with Crippen molar-refractivity contribution >= 4 is 71.6 Å². The maximum Gasteiger partial charge on any atom is 0.327 e. The summed E-state index contributed by atoms with van der Waals surface area (Å²) in [4.78, 5) is 111. The highest BCUT2D eigenvalue weighted by Crippen LogP contribution is 2.46. The lowest BCUT2D eigenvalue weighted by Crippen LogP contribution is -2.54. The van der Waals surface area contributed by atoms with E-state index in [9.17, 15) is 98.4 Å². The number of aliphatic carboxylic acids is 12. The maximum atomic E-state index is 11.4. The van der Waals surface area contributed by atoms with Gasteiger partial charge in [0.1, 0.15) is 11.2 Å². The molecule has 0 aliphatic carbocycles. The Balaban J connectivity index is -0.000000119. The van der Waals surface area contributed by atoms with Gasteiger partial charge < -0.3 is 102 Å². The SMILES string of the molecule is C=CC(=O)O.C=CC(=O)O.C=CC(=O)O.C=CC(=O)O.C=CC(=O)O.C=CC(=O)O.C=CC(=O)O.C=CC(=O)O.C=CC(=O)O.C=CC(=O)O.C=CC(=O)O.C=CC(=O)O.OCC(CO)(CO)C(O)(c1ccccc1)c1ccccc1.OCC(CO)(CO)C(O)(c1ccccc1)c1ccccc1. The predicted octanol–water partition coefficient (Wildman–Crippen LogP) is 4.86. The number of carbonyl (C=O) groups is 12. The summed E-state index contributed by atoms with van der Waals surface area (Å²) >= 11 is 0. The Morgan fingerprint density at radius 2 is 0.294 bits per heavy atom. The fourth-order valence-electron chi connectivity index (χ4n) is 5.26. The van der Waals surface area contributed by atoms with E-state index < -0.39 is 133 Å². The van der Waals surface area contributed by atoms with Gasteiger partial charge >= 0.3 is 71.6 Å². The van der Waals surface area contributed by atoms with Crippen molar-refractivity contribution in [2.75, 3.05) is 39.6 Å². The number of carboxylic acids is 12. The number of carboxylic acid groups (broad SMARTS) is 12. The minimum atomic E-state index is -1.70. The molecule has 0 spiro atoms. The molecule has 0 aliphatic heterocycles. The van der Waals surface area contributed by atoms with Crippen LogP contribution >= 0.6 is 0 Å². The molecule has 0 amide bonds. The number of aliphatic hydroxyl groups is 8. The van der Waals surface area contributed by atoms with E-state index in [0.29, 0.717) is 22.3 Å². The molecule has 32 nitrogen and oxygen atoms in total. The van der Waals surface area contributed by atoms with Crippen LogP contribution in [0.25, 0.3) is 0 Å². The van der Waals surface area contributed by atoms with Crippen molar-refractivity contribution in [3.8, 4) is 0 Å². The Kier molecular flexibility index (Phi) is 76.8. The standard InChI is InChI=1S/2C17H20O4.12C3H4O2/c2*18-11-16(12-19,13-20)17(21,14-7-3-1-4-8-14)15-9-5-2-6-10-15;12*1-2-3(4)5/h2*1-10,18-21H,11-13H2;12*2H,1H2,(H,4,5). The van der Waals surface area contributed by atoms with E-state index in [-0.39, 0.29) is 0 Å². The van der Waals surface area contributed by atoms with Gasteiger partial charge in [0, 0.05) is 72.9 Å². The van der Waals surface area contributed by atoms with Crippen molar-refractivity contribution in [1.29, 1.82) is 0 Å². The number of hydrogen-bond acceptors (Lipinski definition) is 20. The molecule has 0 saturated carbocycles. The van der Waals surface area contributed by atoms with Gasteiger partial charge in [0.25, 0.3) is 0 Å². The molecule has 0 radical (unpaired) electrons. The quantitative estimate of drug-likeness (QED) is 0.0417. The van der Waals surface area contributed by atoms with E-state index in [1.165, 1.54) is 0 Å². The van der Waals surface area contributed by atoms with E-state index in [1.807, 2.05) is 24.3 Å². The third-order valence-corrected chi connectivity index (χ3v) is 10.2. The van der Waals surface area contributed by atoms with Crippen LogP contribution < -0.4 is 0 Å². The van der Waals surface area contributed by atoms with Crippen LogP contribution in [0.4, 0.5) is 0 Å². The van der Waals surface area contributed by atoms with Crippen LogP contribution in [0.15, 0.2) is 273 Å². The summed E-state index contributed by atoms with van der Waals surface area (Å²) in [7, 11) is 0. The number of hydrogen-bond donors (Lipinski definition) is 20. The molecule has 560 valence electrons. The molecule has 0 fully saturated rings. The van der Waals surface area contributed by atoms with Gasteiger partial charge in [0.05, 0.1) is 50.5 Å². The second-order valence-corrected chi connectivity index (χ2v) is 16.9. The van der Waals surface area contributed by atoms with Crippen molar-refractivity contribution in [3.63, 3.8) is 0 Å². The van der Waals surface area contributed by atoms with Crippen molar-refractivity contribution in [2.24, 2.45) is 10.8 Å². The Labute approximate surface area is 586 Å². The third-order valence-electron chi connectivity index (χ3n) is 10.2. The predicted molar refractivity (Wildman–Crippen MR) is 373 cm³/mol. The lowest BCUT2D eigenvalue weighted by molar-refractivity contribution is -0.136. The van der Waals surface area contributed by atoms with Crippen LogP contribution in [-0.4, -0.2) is 213 Å². The molecule has 0 bridgehead atoms. The van der Waals surface area contributed by atoms with Gasteiger partial charge in [0.15, 0.2) is 0 Å². The van der Waals surface area contributed by atoms with Crippen LogP contribution in [0.1, 0.15) is 22.3 Å². The summed E-state index contributed by atoms with van der Waals surface area (Å²) in [6.07, 6.45) is 10.0. The molecule has 0 saturated heterocycles. The molecule has 20 N–H and O–H groups in total. The lowest BCUT2D eigenvalue weighted by Gasteiger charge is -2.45. The van der Waals surface area contributed by atoms with Crippen LogP contribution in [0, 0.1) is 10.8 Å². The summed E-state index contributed by atoms with van der Waals surface area (Å²) in [5, 5.41) is 173. The smallest absolute Gasteiger partial charge is 0.327 e. The second-order valence-electron chi connectivity index (χ2n) is 16.9. The fraction of sp³-hybridized carbons (Fsp3) is 0.143. The second kappa shape index (κ2) is 70.9. The van der Waals surface area contributed by atoms with Crippen LogP contribution in [0.2, 0.25) is 0 Å². The van der Waals surface area contributed by atoms with Gasteiger partial charge in [-0.2, -0.15) is 0 Å².